The summed E-state index contributed by atoms with van der Waals surface area (Å²) < 4.78 is 0. The van der Waals surface area contributed by atoms with Gasteiger partial charge in [-0.15, -0.1) is 0 Å². The van der Waals surface area contributed by atoms with Crippen LogP contribution in [0.4, 0.5) is 0 Å². The van der Waals surface area contributed by atoms with E-state index in [2.05, 4.69) is 6.92 Å². The summed E-state index contributed by atoms with van der Waals surface area (Å²) in [5, 5.41) is 0. The van der Waals surface area contributed by atoms with E-state index in [1.807, 2.05) is 11.9 Å². The number of amides is 1. The normalized spacial score (nSPS) is 34.7. The van der Waals surface area contributed by atoms with Gasteiger partial charge >= 0.3 is 0 Å². The van der Waals surface area contributed by atoms with E-state index >= 15 is 0 Å². The molecule has 2 rings (SSSR count). The van der Waals surface area contributed by atoms with Gasteiger partial charge in [-0.1, -0.05) is 6.42 Å². The van der Waals surface area contributed by atoms with E-state index in [1.165, 1.54) is 19.3 Å². The smallest absolute Gasteiger partial charge is 0.226 e. The first-order chi connectivity index (χ1) is 7.16. The van der Waals surface area contributed by atoms with Gasteiger partial charge in [0.2, 0.25) is 5.91 Å². The summed E-state index contributed by atoms with van der Waals surface area (Å²) in [6, 6.07) is 0.295. The summed E-state index contributed by atoms with van der Waals surface area (Å²) in [6.45, 7) is 2.75. The molecule has 0 aromatic heterocycles. The van der Waals surface area contributed by atoms with E-state index in [9.17, 15) is 4.79 Å². The zero-order valence-corrected chi connectivity index (χ0v) is 9.78. The Morgan fingerprint density at radius 2 is 2.07 bits per heavy atom. The molecule has 2 fully saturated rings. The van der Waals surface area contributed by atoms with Crippen LogP contribution < -0.4 is 5.73 Å². The maximum Gasteiger partial charge on any atom is 0.226 e. The molecule has 3 atom stereocenters. The van der Waals surface area contributed by atoms with Gasteiger partial charge in [0.25, 0.3) is 0 Å². The van der Waals surface area contributed by atoms with E-state index in [4.69, 9.17) is 5.73 Å². The molecule has 3 nitrogen and oxygen atoms in total. The maximum atomic E-state index is 12.1. The van der Waals surface area contributed by atoms with E-state index in [0.29, 0.717) is 24.4 Å². The maximum absolute atomic E-state index is 12.1. The molecule has 0 aromatic carbocycles. The monoisotopic (exact) mass is 210 g/mol. The molecule has 0 bridgehead atoms. The van der Waals surface area contributed by atoms with E-state index in [-0.39, 0.29) is 0 Å². The minimum atomic E-state index is 0.295. The first-order valence-electron chi connectivity index (χ1n) is 6.13. The molecule has 2 aliphatic carbocycles. The van der Waals surface area contributed by atoms with Crippen molar-refractivity contribution in [3.8, 4) is 0 Å². The first kappa shape index (κ1) is 10.9. The standard InChI is InChI=1S/C12H22N2O/c1-8(6-7-13)14(2)12(15)11-9-4-3-5-10(9)11/h8-11H,3-7,13H2,1-2H3. The lowest BCUT2D eigenvalue weighted by Crippen LogP contribution is -2.38. The van der Waals surface area contributed by atoms with Crippen LogP contribution in [-0.4, -0.2) is 30.4 Å². The molecular formula is C12H22N2O. The second-order valence-electron chi connectivity index (χ2n) is 5.16. The Morgan fingerprint density at radius 1 is 1.47 bits per heavy atom. The van der Waals surface area contributed by atoms with Crippen LogP contribution in [0.15, 0.2) is 0 Å². The SMILES string of the molecule is CC(CCN)N(C)C(=O)C1C2CCCC21. The molecule has 15 heavy (non-hydrogen) atoms. The van der Waals surface area contributed by atoms with Crippen molar-refractivity contribution >= 4 is 5.91 Å². The van der Waals surface area contributed by atoms with E-state index in [0.717, 1.165) is 18.3 Å². The Labute approximate surface area is 92.0 Å². The van der Waals surface area contributed by atoms with Gasteiger partial charge in [0.1, 0.15) is 0 Å². The van der Waals surface area contributed by atoms with Crippen LogP contribution in [0.25, 0.3) is 0 Å². The molecule has 1 amide bonds. The van der Waals surface area contributed by atoms with Crippen LogP contribution in [0.3, 0.4) is 0 Å². The van der Waals surface area contributed by atoms with Gasteiger partial charge in [-0.25, -0.2) is 0 Å². The van der Waals surface area contributed by atoms with Crippen LogP contribution >= 0.6 is 0 Å². The lowest BCUT2D eigenvalue weighted by atomic mass is 10.1. The number of carbonyl (C=O) groups excluding carboxylic acids is 1. The van der Waals surface area contributed by atoms with Crippen LogP contribution in [0.5, 0.6) is 0 Å². The van der Waals surface area contributed by atoms with Crippen LogP contribution in [0.1, 0.15) is 32.6 Å². The highest BCUT2D eigenvalue weighted by atomic mass is 16.2. The Kier molecular flexibility index (Phi) is 3.01. The van der Waals surface area contributed by atoms with E-state index < -0.39 is 0 Å². The van der Waals surface area contributed by atoms with Gasteiger partial charge in [0.15, 0.2) is 0 Å². The van der Waals surface area contributed by atoms with Crippen molar-refractivity contribution < 1.29 is 4.79 Å². The third kappa shape index (κ3) is 1.89. The molecule has 2 saturated carbocycles. The third-order valence-electron chi connectivity index (χ3n) is 4.28. The minimum absolute atomic E-state index is 0.295. The predicted molar refractivity (Wildman–Crippen MR) is 60.2 cm³/mol. The molecule has 3 unspecified atom stereocenters. The molecule has 0 aromatic rings. The van der Waals surface area contributed by atoms with Crippen molar-refractivity contribution in [2.75, 3.05) is 13.6 Å². The fourth-order valence-electron chi connectivity index (χ4n) is 3.07. The topological polar surface area (TPSA) is 46.3 Å². The predicted octanol–water partition coefficient (Wildman–Crippen LogP) is 1.23. The summed E-state index contributed by atoms with van der Waals surface area (Å²) >= 11 is 0. The summed E-state index contributed by atoms with van der Waals surface area (Å²) in [4.78, 5) is 14.0. The molecule has 86 valence electrons. The van der Waals surface area contributed by atoms with Gasteiger partial charge in [-0.2, -0.15) is 0 Å². The molecule has 0 spiro atoms. The number of fused-ring (bicyclic) bond motifs is 1. The summed E-state index contributed by atoms with van der Waals surface area (Å²) in [5.74, 6) is 2.18. The Morgan fingerprint density at radius 3 is 2.60 bits per heavy atom. The van der Waals surface area contributed by atoms with Crippen molar-refractivity contribution in [1.29, 1.82) is 0 Å². The quantitative estimate of drug-likeness (QED) is 0.758. The molecular weight excluding hydrogens is 188 g/mol. The molecule has 3 heteroatoms. The second-order valence-corrected chi connectivity index (χ2v) is 5.16. The van der Waals surface area contributed by atoms with Gasteiger partial charge in [-0.05, 0) is 44.6 Å². The van der Waals surface area contributed by atoms with Crippen LogP contribution in [-0.2, 0) is 4.79 Å². The number of rotatable bonds is 4. The lowest BCUT2D eigenvalue weighted by Gasteiger charge is -2.25. The highest BCUT2D eigenvalue weighted by Gasteiger charge is 2.57. The van der Waals surface area contributed by atoms with Crippen molar-refractivity contribution in [2.45, 2.75) is 38.6 Å². The average molecular weight is 210 g/mol. The molecule has 0 radical (unpaired) electrons. The highest BCUT2D eigenvalue weighted by Crippen LogP contribution is 2.58. The molecule has 2 aliphatic rings. The summed E-state index contributed by atoms with van der Waals surface area (Å²) in [5.41, 5.74) is 5.51. The summed E-state index contributed by atoms with van der Waals surface area (Å²) in [7, 11) is 1.93. The number of hydrogen-bond acceptors (Lipinski definition) is 2. The first-order valence-corrected chi connectivity index (χ1v) is 6.13. The molecule has 2 N–H and O–H groups in total. The van der Waals surface area contributed by atoms with Crippen LogP contribution in [0, 0.1) is 17.8 Å². The number of carbonyl (C=O) groups is 1. The van der Waals surface area contributed by atoms with Gasteiger partial charge < -0.3 is 10.6 Å². The molecule has 0 heterocycles. The fraction of sp³-hybridized carbons (Fsp3) is 0.917. The Balaban J connectivity index is 1.86. The summed E-state index contributed by atoms with van der Waals surface area (Å²) in [6.07, 6.45) is 4.80. The largest absolute Gasteiger partial charge is 0.343 e. The van der Waals surface area contributed by atoms with Crippen LogP contribution in [0.2, 0.25) is 0 Å². The van der Waals surface area contributed by atoms with Crippen molar-refractivity contribution in [1.82, 2.24) is 4.90 Å². The van der Waals surface area contributed by atoms with Gasteiger partial charge in [-0.3, -0.25) is 4.79 Å². The van der Waals surface area contributed by atoms with Gasteiger partial charge in [0, 0.05) is 19.0 Å². The zero-order chi connectivity index (χ0) is 11.0. The minimum Gasteiger partial charge on any atom is -0.343 e. The Hall–Kier alpha value is -0.570. The second kappa shape index (κ2) is 4.12. The van der Waals surface area contributed by atoms with Crippen molar-refractivity contribution in [3.05, 3.63) is 0 Å². The molecule has 0 aliphatic heterocycles. The fourth-order valence-corrected chi connectivity index (χ4v) is 3.07. The number of nitrogens with zero attached hydrogens (tertiary/aromatic N) is 1. The van der Waals surface area contributed by atoms with Crippen molar-refractivity contribution in [2.24, 2.45) is 23.5 Å². The van der Waals surface area contributed by atoms with Crippen molar-refractivity contribution in [3.63, 3.8) is 0 Å². The average Bonchev–Trinajstić information content (AvgIpc) is 2.69. The van der Waals surface area contributed by atoms with Gasteiger partial charge in [0.05, 0.1) is 0 Å². The Bertz CT molecular complexity index is 244. The third-order valence-corrected chi connectivity index (χ3v) is 4.28. The lowest BCUT2D eigenvalue weighted by molar-refractivity contribution is -0.133. The highest BCUT2D eigenvalue weighted by molar-refractivity contribution is 5.82. The zero-order valence-electron chi connectivity index (χ0n) is 9.78. The van der Waals surface area contributed by atoms with E-state index in [1.54, 1.807) is 0 Å². The number of hydrogen-bond donors (Lipinski definition) is 1. The molecule has 0 saturated heterocycles. The number of nitrogens with two attached hydrogens (primary N) is 1.